The molecule has 7 nitrogen and oxygen atoms in total. The van der Waals surface area contributed by atoms with E-state index < -0.39 is 0 Å². The van der Waals surface area contributed by atoms with Crippen molar-refractivity contribution in [2.75, 3.05) is 44.8 Å². The van der Waals surface area contributed by atoms with E-state index in [1.807, 2.05) is 31.2 Å². The van der Waals surface area contributed by atoms with E-state index >= 15 is 0 Å². The molecule has 1 aliphatic rings. The third kappa shape index (κ3) is 5.52. The van der Waals surface area contributed by atoms with Crippen molar-refractivity contribution in [2.24, 2.45) is 0 Å². The van der Waals surface area contributed by atoms with E-state index in [2.05, 4.69) is 37.3 Å². The minimum absolute atomic E-state index is 0.622. The lowest BCUT2D eigenvalue weighted by Gasteiger charge is -2.26. The van der Waals surface area contributed by atoms with Crippen molar-refractivity contribution in [2.45, 2.75) is 13.5 Å². The molecule has 1 fully saturated rings. The van der Waals surface area contributed by atoms with Crippen LogP contribution in [0.5, 0.6) is 5.75 Å². The summed E-state index contributed by atoms with van der Waals surface area (Å²) >= 11 is 0. The Morgan fingerprint density at radius 1 is 1.07 bits per heavy atom. The van der Waals surface area contributed by atoms with Gasteiger partial charge in [-0.25, -0.2) is 15.0 Å². The summed E-state index contributed by atoms with van der Waals surface area (Å²) in [6.07, 6.45) is 5.28. The van der Waals surface area contributed by atoms with Crippen molar-refractivity contribution in [1.29, 1.82) is 0 Å². The van der Waals surface area contributed by atoms with Gasteiger partial charge in [0.15, 0.2) is 11.6 Å². The molecule has 0 unspecified atom stereocenters. The fourth-order valence-electron chi connectivity index (χ4n) is 3.33. The second-order valence-electron chi connectivity index (χ2n) is 7.27. The molecule has 4 rings (SSSR count). The quantitative estimate of drug-likeness (QED) is 0.617. The number of nitrogens with one attached hydrogen (secondary N) is 1. The van der Waals surface area contributed by atoms with Gasteiger partial charge in [0, 0.05) is 37.9 Å². The van der Waals surface area contributed by atoms with E-state index in [0.717, 1.165) is 55.4 Å². The third-order valence-electron chi connectivity index (χ3n) is 5.06. The van der Waals surface area contributed by atoms with Crippen LogP contribution in [0.4, 0.5) is 5.82 Å². The number of benzene rings is 1. The van der Waals surface area contributed by atoms with Gasteiger partial charge in [-0.05, 0) is 30.2 Å². The molecule has 0 amide bonds. The SMILES string of the molecule is Cc1cccnc1NCc1cccc(-c2ncc(OCCN3CCOCC3)cn2)c1. The van der Waals surface area contributed by atoms with Crippen LogP contribution < -0.4 is 10.1 Å². The highest BCUT2D eigenvalue weighted by Crippen LogP contribution is 2.19. The van der Waals surface area contributed by atoms with Crippen LogP contribution in [0.1, 0.15) is 11.1 Å². The molecule has 1 aromatic carbocycles. The molecule has 0 atom stereocenters. The molecule has 1 aliphatic heterocycles. The van der Waals surface area contributed by atoms with Crippen LogP contribution in [0.15, 0.2) is 55.0 Å². The van der Waals surface area contributed by atoms with Crippen LogP contribution in [0.25, 0.3) is 11.4 Å². The van der Waals surface area contributed by atoms with Gasteiger partial charge in [-0.2, -0.15) is 0 Å². The van der Waals surface area contributed by atoms with Crippen LogP contribution in [0.2, 0.25) is 0 Å². The van der Waals surface area contributed by atoms with E-state index in [0.29, 0.717) is 24.7 Å². The first kappa shape index (κ1) is 20.3. The predicted octanol–water partition coefficient (Wildman–Crippen LogP) is 3.17. The summed E-state index contributed by atoms with van der Waals surface area (Å²) in [5.41, 5.74) is 3.25. The number of aryl methyl sites for hydroxylation is 1. The Labute approximate surface area is 177 Å². The average Bonchev–Trinajstić information content (AvgIpc) is 2.80. The Balaban J connectivity index is 1.32. The smallest absolute Gasteiger partial charge is 0.159 e. The van der Waals surface area contributed by atoms with Gasteiger partial charge in [-0.1, -0.05) is 24.3 Å². The lowest BCUT2D eigenvalue weighted by molar-refractivity contribution is 0.0322. The minimum atomic E-state index is 0.622. The summed E-state index contributed by atoms with van der Waals surface area (Å²) in [4.78, 5) is 15.7. The average molecular weight is 406 g/mol. The monoisotopic (exact) mass is 405 g/mol. The van der Waals surface area contributed by atoms with Gasteiger partial charge in [-0.15, -0.1) is 0 Å². The second-order valence-corrected chi connectivity index (χ2v) is 7.27. The fourth-order valence-corrected chi connectivity index (χ4v) is 3.33. The number of aromatic nitrogens is 3. The maximum atomic E-state index is 5.80. The Morgan fingerprint density at radius 2 is 1.90 bits per heavy atom. The minimum Gasteiger partial charge on any atom is -0.489 e. The topological polar surface area (TPSA) is 72.4 Å². The molecule has 3 aromatic rings. The zero-order valence-corrected chi connectivity index (χ0v) is 17.3. The maximum absolute atomic E-state index is 5.80. The van der Waals surface area contributed by atoms with Crippen molar-refractivity contribution >= 4 is 5.82 Å². The number of nitrogens with zero attached hydrogens (tertiary/aromatic N) is 4. The molecule has 2 aromatic heterocycles. The first-order chi connectivity index (χ1) is 14.8. The van der Waals surface area contributed by atoms with E-state index in [9.17, 15) is 0 Å². The molecule has 30 heavy (non-hydrogen) atoms. The normalized spacial score (nSPS) is 14.4. The molecule has 156 valence electrons. The van der Waals surface area contributed by atoms with E-state index in [1.54, 1.807) is 18.6 Å². The van der Waals surface area contributed by atoms with Gasteiger partial charge in [-0.3, -0.25) is 4.90 Å². The molecular weight excluding hydrogens is 378 g/mol. The highest BCUT2D eigenvalue weighted by Gasteiger charge is 2.10. The number of hydrogen-bond acceptors (Lipinski definition) is 7. The molecule has 0 bridgehead atoms. The highest BCUT2D eigenvalue weighted by atomic mass is 16.5. The molecule has 0 aliphatic carbocycles. The van der Waals surface area contributed by atoms with E-state index in [1.165, 1.54) is 0 Å². The van der Waals surface area contributed by atoms with Crippen molar-refractivity contribution < 1.29 is 9.47 Å². The van der Waals surface area contributed by atoms with E-state index in [-0.39, 0.29) is 0 Å². The van der Waals surface area contributed by atoms with Gasteiger partial charge < -0.3 is 14.8 Å². The first-order valence-corrected chi connectivity index (χ1v) is 10.3. The summed E-state index contributed by atoms with van der Waals surface area (Å²) < 4.78 is 11.2. The van der Waals surface area contributed by atoms with Crippen LogP contribution in [-0.4, -0.2) is 59.3 Å². The number of pyridine rings is 1. The number of hydrogen-bond donors (Lipinski definition) is 1. The molecule has 0 radical (unpaired) electrons. The van der Waals surface area contributed by atoms with Gasteiger partial charge in [0.05, 0.1) is 25.6 Å². The Hall–Kier alpha value is -3.03. The number of rotatable bonds is 8. The van der Waals surface area contributed by atoms with Gasteiger partial charge >= 0.3 is 0 Å². The molecule has 1 N–H and O–H groups in total. The van der Waals surface area contributed by atoms with Crippen LogP contribution in [0.3, 0.4) is 0 Å². The van der Waals surface area contributed by atoms with Crippen LogP contribution in [-0.2, 0) is 11.3 Å². The summed E-state index contributed by atoms with van der Waals surface area (Å²) in [6, 6.07) is 12.2. The molecule has 0 saturated carbocycles. The number of anilines is 1. The molecular formula is C23H27N5O2. The number of ether oxygens (including phenoxy) is 2. The molecule has 3 heterocycles. The van der Waals surface area contributed by atoms with Crippen LogP contribution >= 0.6 is 0 Å². The molecule has 7 heteroatoms. The van der Waals surface area contributed by atoms with Crippen LogP contribution in [0, 0.1) is 6.92 Å². The Kier molecular flexibility index (Phi) is 6.84. The molecule has 1 saturated heterocycles. The maximum Gasteiger partial charge on any atom is 0.159 e. The van der Waals surface area contributed by atoms with Gasteiger partial charge in [0.1, 0.15) is 12.4 Å². The Morgan fingerprint density at radius 3 is 2.70 bits per heavy atom. The van der Waals surface area contributed by atoms with Crippen molar-refractivity contribution in [3.63, 3.8) is 0 Å². The van der Waals surface area contributed by atoms with Crippen molar-refractivity contribution in [1.82, 2.24) is 19.9 Å². The van der Waals surface area contributed by atoms with E-state index in [4.69, 9.17) is 9.47 Å². The Bertz CT molecular complexity index is 942. The largest absolute Gasteiger partial charge is 0.489 e. The summed E-state index contributed by atoms with van der Waals surface area (Å²) in [7, 11) is 0. The summed E-state index contributed by atoms with van der Waals surface area (Å²) in [5.74, 6) is 2.28. The lowest BCUT2D eigenvalue weighted by atomic mass is 10.1. The predicted molar refractivity (Wildman–Crippen MR) is 117 cm³/mol. The first-order valence-electron chi connectivity index (χ1n) is 10.3. The third-order valence-corrected chi connectivity index (χ3v) is 5.06. The standard InChI is InChI=1S/C23H27N5O2/c1-18-4-3-7-24-22(18)25-15-19-5-2-6-20(14-19)23-26-16-21(17-27-23)30-13-10-28-8-11-29-12-9-28/h2-7,14,16-17H,8-13,15H2,1H3,(H,24,25). The fraction of sp³-hybridized carbons (Fsp3) is 0.348. The number of morpholine rings is 1. The zero-order chi connectivity index (χ0) is 20.6. The van der Waals surface area contributed by atoms with Crippen molar-refractivity contribution in [3.05, 3.63) is 66.1 Å². The lowest BCUT2D eigenvalue weighted by Crippen LogP contribution is -2.38. The van der Waals surface area contributed by atoms with Gasteiger partial charge in [0.2, 0.25) is 0 Å². The highest BCUT2D eigenvalue weighted by molar-refractivity contribution is 5.56. The summed E-state index contributed by atoms with van der Waals surface area (Å²) in [5, 5.41) is 3.38. The van der Waals surface area contributed by atoms with Gasteiger partial charge in [0.25, 0.3) is 0 Å². The zero-order valence-electron chi connectivity index (χ0n) is 17.3. The van der Waals surface area contributed by atoms with Crippen molar-refractivity contribution in [3.8, 4) is 17.1 Å². The molecule has 0 spiro atoms. The second kappa shape index (κ2) is 10.1. The summed E-state index contributed by atoms with van der Waals surface area (Å²) in [6.45, 7) is 7.76.